The molecule has 0 bridgehead atoms. The molecule has 1 fully saturated rings. The second-order valence-corrected chi connectivity index (χ2v) is 7.34. The van der Waals surface area contributed by atoms with Crippen molar-refractivity contribution in [1.29, 1.82) is 0 Å². The first-order chi connectivity index (χ1) is 11.5. The molecule has 2 aromatic rings. The van der Waals surface area contributed by atoms with Gasteiger partial charge in [-0.2, -0.15) is 0 Å². The molecule has 1 aromatic heterocycles. The Bertz CT molecular complexity index is 739. The number of hydrogen-bond donors (Lipinski definition) is 1. The third-order valence-corrected chi connectivity index (χ3v) is 5.41. The molecule has 1 aliphatic rings. The monoisotopic (exact) mass is 387 g/mol. The molecule has 0 radical (unpaired) electrons. The maximum Gasteiger partial charge on any atom is 0.274 e. The molecule has 1 aliphatic heterocycles. The Morgan fingerprint density at radius 2 is 2.00 bits per heavy atom. The maximum atomic E-state index is 12.5. The lowest BCUT2D eigenvalue weighted by Gasteiger charge is -2.32. The zero-order valence-electron chi connectivity index (χ0n) is 14.1. The predicted octanol–water partition coefficient (Wildman–Crippen LogP) is 4.64. The fourth-order valence-corrected chi connectivity index (χ4v) is 3.25. The van der Waals surface area contributed by atoms with E-state index in [0.29, 0.717) is 5.69 Å². The van der Waals surface area contributed by atoms with Gasteiger partial charge in [0.05, 0.1) is 0 Å². The first kappa shape index (κ1) is 17.0. The standard InChI is InChI=1S/C19H22BrN3O/c1-13-6-9-23(10-7-13)16-5-8-21-18(12-16)19(24)22-15-4-3-14(2)17(20)11-15/h3-5,8,11-13H,6-7,9-10H2,1-2H3,(H,22,24). The Labute approximate surface area is 151 Å². The van der Waals surface area contributed by atoms with E-state index in [2.05, 4.69) is 38.1 Å². The highest BCUT2D eigenvalue weighted by Gasteiger charge is 2.17. The fraction of sp³-hybridized carbons (Fsp3) is 0.368. The summed E-state index contributed by atoms with van der Waals surface area (Å²) in [6, 6.07) is 9.64. The molecule has 5 heteroatoms. The van der Waals surface area contributed by atoms with E-state index < -0.39 is 0 Å². The SMILES string of the molecule is Cc1ccc(NC(=O)c2cc(N3CCC(C)CC3)ccn2)cc1Br. The van der Waals surface area contributed by atoms with Crippen LogP contribution in [0.15, 0.2) is 41.0 Å². The number of benzene rings is 1. The Morgan fingerprint density at radius 3 is 2.71 bits per heavy atom. The molecule has 0 saturated carbocycles. The molecule has 0 spiro atoms. The van der Waals surface area contributed by atoms with Gasteiger partial charge in [0.15, 0.2) is 0 Å². The van der Waals surface area contributed by atoms with Crippen LogP contribution >= 0.6 is 15.9 Å². The second-order valence-electron chi connectivity index (χ2n) is 6.49. The van der Waals surface area contributed by atoms with Gasteiger partial charge in [-0.15, -0.1) is 0 Å². The number of pyridine rings is 1. The number of nitrogens with one attached hydrogen (secondary N) is 1. The van der Waals surface area contributed by atoms with Gasteiger partial charge in [0.2, 0.25) is 0 Å². The summed E-state index contributed by atoms with van der Waals surface area (Å²) in [5, 5.41) is 2.91. The lowest BCUT2D eigenvalue weighted by atomic mass is 9.99. The summed E-state index contributed by atoms with van der Waals surface area (Å²) >= 11 is 3.49. The van der Waals surface area contributed by atoms with Crippen molar-refractivity contribution >= 4 is 33.2 Å². The minimum absolute atomic E-state index is 0.182. The van der Waals surface area contributed by atoms with E-state index in [0.717, 1.165) is 40.4 Å². The van der Waals surface area contributed by atoms with Crippen LogP contribution in [0.25, 0.3) is 0 Å². The van der Waals surface area contributed by atoms with E-state index in [9.17, 15) is 4.79 Å². The van der Waals surface area contributed by atoms with E-state index in [1.54, 1.807) is 6.20 Å². The average molecular weight is 388 g/mol. The van der Waals surface area contributed by atoms with Gasteiger partial charge in [0.25, 0.3) is 5.91 Å². The predicted molar refractivity (Wildman–Crippen MR) is 102 cm³/mol. The number of carbonyl (C=O) groups is 1. The van der Waals surface area contributed by atoms with Gasteiger partial charge in [0.1, 0.15) is 5.69 Å². The summed E-state index contributed by atoms with van der Waals surface area (Å²) in [6.45, 7) is 6.39. The van der Waals surface area contributed by atoms with E-state index >= 15 is 0 Å². The largest absolute Gasteiger partial charge is 0.371 e. The van der Waals surface area contributed by atoms with Crippen LogP contribution in [0.3, 0.4) is 0 Å². The third-order valence-electron chi connectivity index (χ3n) is 4.55. The molecule has 1 saturated heterocycles. The average Bonchev–Trinajstić information content (AvgIpc) is 2.59. The zero-order chi connectivity index (χ0) is 17.1. The lowest BCUT2D eigenvalue weighted by molar-refractivity contribution is 0.102. The number of nitrogens with zero attached hydrogens (tertiary/aromatic N) is 2. The van der Waals surface area contributed by atoms with E-state index in [-0.39, 0.29) is 5.91 Å². The highest BCUT2D eigenvalue weighted by molar-refractivity contribution is 9.10. The number of carbonyl (C=O) groups excluding carboxylic acids is 1. The van der Waals surface area contributed by atoms with E-state index in [1.165, 1.54) is 12.8 Å². The van der Waals surface area contributed by atoms with Crippen LogP contribution in [0.4, 0.5) is 11.4 Å². The topological polar surface area (TPSA) is 45.2 Å². The minimum Gasteiger partial charge on any atom is -0.371 e. The van der Waals surface area contributed by atoms with Gasteiger partial charge in [0, 0.05) is 35.1 Å². The first-order valence-electron chi connectivity index (χ1n) is 8.31. The van der Waals surface area contributed by atoms with Crippen LogP contribution in [-0.2, 0) is 0 Å². The van der Waals surface area contributed by atoms with Crippen molar-refractivity contribution in [1.82, 2.24) is 4.98 Å². The Morgan fingerprint density at radius 1 is 1.25 bits per heavy atom. The molecule has 24 heavy (non-hydrogen) atoms. The lowest BCUT2D eigenvalue weighted by Crippen LogP contribution is -2.33. The van der Waals surface area contributed by atoms with Crippen LogP contribution in [0, 0.1) is 12.8 Å². The number of hydrogen-bond acceptors (Lipinski definition) is 3. The van der Waals surface area contributed by atoms with Crippen LogP contribution in [0.1, 0.15) is 35.8 Å². The highest BCUT2D eigenvalue weighted by Crippen LogP contribution is 2.24. The quantitative estimate of drug-likeness (QED) is 0.833. The smallest absolute Gasteiger partial charge is 0.274 e. The van der Waals surface area contributed by atoms with E-state index in [4.69, 9.17) is 0 Å². The molecule has 2 heterocycles. The molecule has 1 aromatic carbocycles. The summed E-state index contributed by atoms with van der Waals surface area (Å²) in [5.74, 6) is 0.601. The molecule has 0 atom stereocenters. The minimum atomic E-state index is -0.182. The molecule has 3 rings (SSSR count). The third kappa shape index (κ3) is 3.96. The molecule has 1 amide bonds. The summed E-state index contributed by atoms with van der Waals surface area (Å²) < 4.78 is 0.976. The number of anilines is 2. The molecular formula is C19H22BrN3O. The number of aryl methyl sites for hydroxylation is 1. The van der Waals surface area contributed by atoms with Crippen LogP contribution in [-0.4, -0.2) is 24.0 Å². The maximum absolute atomic E-state index is 12.5. The summed E-state index contributed by atoms with van der Waals surface area (Å²) in [7, 11) is 0. The van der Waals surface area contributed by atoms with Gasteiger partial charge < -0.3 is 10.2 Å². The molecule has 0 aliphatic carbocycles. The Balaban J connectivity index is 1.73. The number of aromatic nitrogens is 1. The molecule has 4 nitrogen and oxygen atoms in total. The molecule has 1 N–H and O–H groups in total. The van der Waals surface area contributed by atoms with Crippen LogP contribution in [0.2, 0.25) is 0 Å². The molecular weight excluding hydrogens is 366 g/mol. The fourth-order valence-electron chi connectivity index (χ4n) is 2.87. The van der Waals surface area contributed by atoms with Crippen LogP contribution < -0.4 is 10.2 Å². The van der Waals surface area contributed by atoms with Crippen molar-refractivity contribution in [2.45, 2.75) is 26.7 Å². The normalized spacial score (nSPS) is 15.4. The van der Waals surface area contributed by atoms with Gasteiger partial charge in [-0.1, -0.05) is 28.9 Å². The van der Waals surface area contributed by atoms with Crippen molar-refractivity contribution in [2.24, 2.45) is 5.92 Å². The number of halogens is 1. The van der Waals surface area contributed by atoms with Gasteiger partial charge in [-0.05, 0) is 55.5 Å². The Kier molecular flexibility index (Phi) is 5.19. The van der Waals surface area contributed by atoms with Crippen molar-refractivity contribution in [3.05, 3.63) is 52.3 Å². The van der Waals surface area contributed by atoms with Gasteiger partial charge >= 0.3 is 0 Å². The number of amides is 1. The number of piperidine rings is 1. The van der Waals surface area contributed by atoms with Crippen molar-refractivity contribution in [3.63, 3.8) is 0 Å². The van der Waals surface area contributed by atoms with Crippen molar-refractivity contribution in [2.75, 3.05) is 23.3 Å². The second kappa shape index (κ2) is 7.34. The summed E-state index contributed by atoms with van der Waals surface area (Å²) in [5.41, 5.74) is 3.42. The molecule has 126 valence electrons. The highest BCUT2D eigenvalue weighted by atomic mass is 79.9. The molecule has 0 unspecified atom stereocenters. The van der Waals surface area contributed by atoms with Crippen molar-refractivity contribution < 1.29 is 4.79 Å². The summed E-state index contributed by atoms with van der Waals surface area (Å²) in [6.07, 6.45) is 4.11. The van der Waals surface area contributed by atoms with Crippen LogP contribution in [0.5, 0.6) is 0 Å². The van der Waals surface area contributed by atoms with Gasteiger partial charge in [-0.3, -0.25) is 9.78 Å². The van der Waals surface area contributed by atoms with E-state index in [1.807, 2.05) is 37.3 Å². The van der Waals surface area contributed by atoms with Gasteiger partial charge in [-0.25, -0.2) is 0 Å². The Hall–Kier alpha value is -1.88. The first-order valence-corrected chi connectivity index (χ1v) is 9.11. The zero-order valence-corrected chi connectivity index (χ0v) is 15.6. The van der Waals surface area contributed by atoms with Crippen molar-refractivity contribution in [3.8, 4) is 0 Å². The summed E-state index contributed by atoms with van der Waals surface area (Å²) in [4.78, 5) is 19.1. The number of rotatable bonds is 3.